The molecular weight excluding hydrogens is 261 g/mol. The van der Waals surface area contributed by atoms with E-state index in [0.29, 0.717) is 23.5 Å². The number of carbonyl (C=O) groups is 1. The van der Waals surface area contributed by atoms with Crippen LogP contribution in [0, 0.1) is 5.82 Å². The third-order valence-electron chi connectivity index (χ3n) is 3.01. The predicted molar refractivity (Wildman–Crippen MR) is 72.2 cm³/mol. The third kappa shape index (κ3) is 3.24. The molecule has 0 aliphatic heterocycles. The predicted octanol–water partition coefficient (Wildman–Crippen LogP) is 3.04. The Balaban J connectivity index is 2.03. The summed E-state index contributed by atoms with van der Waals surface area (Å²) in [6.07, 6.45) is 0.718. The summed E-state index contributed by atoms with van der Waals surface area (Å²) >= 11 is 0. The lowest BCUT2D eigenvalue weighted by Gasteiger charge is -2.12. The van der Waals surface area contributed by atoms with Crippen LogP contribution in [0.1, 0.15) is 12.2 Å². The van der Waals surface area contributed by atoms with Gasteiger partial charge in [-0.3, -0.25) is 9.63 Å². The van der Waals surface area contributed by atoms with E-state index < -0.39 is 0 Å². The maximum Gasteiger partial charge on any atom is 0.246 e. The van der Waals surface area contributed by atoms with Crippen molar-refractivity contribution >= 4 is 5.91 Å². The third-order valence-corrected chi connectivity index (χ3v) is 3.01. The van der Waals surface area contributed by atoms with Gasteiger partial charge in [0.2, 0.25) is 5.91 Å². The number of rotatable bonds is 5. The van der Waals surface area contributed by atoms with E-state index in [1.807, 2.05) is 0 Å². The quantitative estimate of drug-likeness (QED) is 0.789. The fourth-order valence-corrected chi connectivity index (χ4v) is 1.81. The summed E-state index contributed by atoms with van der Waals surface area (Å²) in [4.78, 5) is 16.4. The number of halogens is 1. The number of amides is 1. The number of furan rings is 1. The van der Waals surface area contributed by atoms with Crippen molar-refractivity contribution in [2.24, 2.45) is 0 Å². The number of hydrogen-bond donors (Lipinski definition) is 0. The Kier molecular flexibility index (Phi) is 4.53. The SMILES string of the molecule is CON(C)C(=O)CCc1ccc(-c2ccccc2F)o1. The highest BCUT2D eigenvalue weighted by Crippen LogP contribution is 2.25. The molecule has 4 nitrogen and oxygen atoms in total. The van der Waals surface area contributed by atoms with Crippen LogP contribution in [-0.2, 0) is 16.1 Å². The van der Waals surface area contributed by atoms with Crippen LogP contribution in [0.4, 0.5) is 4.39 Å². The maximum atomic E-state index is 13.6. The van der Waals surface area contributed by atoms with Crippen LogP contribution < -0.4 is 0 Å². The van der Waals surface area contributed by atoms with E-state index in [4.69, 9.17) is 9.25 Å². The standard InChI is InChI=1S/C15H16FNO3/c1-17(19-2)15(18)10-8-11-7-9-14(20-11)12-5-3-4-6-13(12)16/h3-7,9H,8,10H2,1-2H3. The van der Waals surface area contributed by atoms with Gasteiger partial charge in [0.1, 0.15) is 17.3 Å². The van der Waals surface area contributed by atoms with Crippen molar-refractivity contribution in [1.29, 1.82) is 0 Å². The molecule has 0 N–H and O–H groups in total. The lowest BCUT2D eigenvalue weighted by Crippen LogP contribution is -2.25. The van der Waals surface area contributed by atoms with Gasteiger partial charge in [0.05, 0.1) is 12.7 Å². The minimum absolute atomic E-state index is 0.142. The van der Waals surface area contributed by atoms with Crippen LogP contribution in [-0.4, -0.2) is 25.1 Å². The lowest BCUT2D eigenvalue weighted by molar-refractivity contribution is -0.168. The number of hydroxylamine groups is 2. The molecule has 106 valence electrons. The number of carbonyl (C=O) groups excluding carboxylic acids is 1. The van der Waals surface area contributed by atoms with E-state index in [-0.39, 0.29) is 18.1 Å². The zero-order valence-electron chi connectivity index (χ0n) is 11.4. The van der Waals surface area contributed by atoms with Gasteiger partial charge >= 0.3 is 0 Å². The van der Waals surface area contributed by atoms with Crippen molar-refractivity contribution in [2.45, 2.75) is 12.8 Å². The Bertz CT molecular complexity index is 594. The minimum Gasteiger partial charge on any atom is -0.461 e. The van der Waals surface area contributed by atoms with Crippen molar-refractivity contribution < 1.29 is 18.4 Å². The molecule has 0 unspecified atom stereocenters. The summed E-state index contributed by atoms with van der Waals surface area (Å²) in [5.74, 6) is 0.631. The highest BCUT2D eigenvalue weighted by atomic mass is 19.1. The van der Waals surface area contributed by atoms with E-state index in [1.165, 1.54) is 18.2 Å². The first-order valence-corrected chi connectivity index (χ1v) is 6.26. The van der Waals surface area contributed by atoms with Gasteiger partial charge in [-0.05, 0) is 24.3 Å². The van der Waals surface area contributed by atoms with Gasteiger partial charge in [0, 0.05) is 19.9 Å². The van der Waals surface area contributed by atoms with Gasteiger partial charge < -0.3 is 4.42 Å². The lowest BCUT2D eigenvalue weighted by atomic mass is 10.1. The summed E-state index contributed by atoms with van der Waals surface area (Å²) in [5.41, 5.74) is 0.416. The van der Waals surface area contributed by atoms with Gasteiger partial charge in [0.15, 0.2) is 0 Å². The molecule has 0 radical (unpaired) electrons. The van der Waals surface area contributed by atoms with Crippen LogP contribution in [0.25, 0.3) is 11.3 Å². The number of nitrogens with zero attached hydrogens (tertiary/aromatic N) is 1. The van der Waals surface area contributed by atoms with Gasteiger partial charge in [-0.15, -0.1) is 0 Å². The molecule has 2 rings (SSSR count). The van der Waals surface area contributed by atoms with Crippen molar-refractivity contribution in [1.82, 2.24) is 5.06 Å². The first-order valence-electron chi connectivity index (χ1n) is 6.26. The first kappa shape index (κ1) is 14.3. The van der Waals surface area contributed by atoms with E-state index in [1.54, 1.807) is 37.4 Å². The molecule has 0 fully saturated rings. The fraction of sp³-hybridized carbons (Fsp3) is 0.267. The Morgan fingerprint density at radius 2 is 2.05 bits per heavy atom. The topological polar surface area (TPSA) is 42.7 Å². The summed E-state index contributed by atoms with van der Waals surface area (Å²) in [6.45, 7) is 0. The highest BCUT2D eigenvalue weighted by Gasteiger charge is 2.12. The zero-order chi connectivity index (χ0) is 14.5. The molecule has 0 saturated heterocycles. The Labute approximate surface area is 116 Å². The molecule has 1 amide bonds. The van der Waals surface area contributed by atoms with Crippen LogP contribution >= 0.6 is 0 Å². The number of aryl methyl sites for hydroxylation is 1. The molecule has 0 aliphatic rings. The average Bonchev–Trinajstić information content (AvgIpc) is 2.93. The molecule has 1 heterocycles. The molecule has 0 spiro atoms. The van der Waals surface area contributed by atoms with Crippen molar-refractivity contribution in [3.63, 3.8) is 0 Å². The first-order chi connectivity index (χ1) is 9.61. The number of hydrogen-bond acceptors (Lipinski definition) is 3. The van der Waals surface area contributed by atoms with E-state index >= 15 is 0 Å². The second-order valence-electron chi connectivity index (χ2n) is 4.32. The van der Waals surface area contributed by atoms with E-state index in [2.05, 4.69) is 0 Å². The van der Waals surface area contributed by atoms with Crippen molar-refractivity contribution in [3.8, 4) is 11.3 Å². The molecule has 0 bridgehead atoms. The van der Waals surface area contributed by atoms with Crippen LogP contribution in [0.3, 0.4) is 0 Å². The fourth-order valence-electron chi connectivity index (χ4n) is 1.81. The second kappa shape index (κ2) is 6.34. The molecule has 0 aliphatic carbocycles. The van der Waals surface area contributed by atoms with Gasteiger partial charge in [-0.2, -0.15) is 0 Å². The second-order valence-corrected chi connectivity index (χ2v) is 4.32. The smallest absolute Gasteiger partial charge is 0.246 e. The Morgan fingerprint density at radius 1 is 1.30 bits per heavy atom. The summed E-state index contributed by atoms with van der Waals surface area (Å²) in [6, 6.07) is 9.87. The summed E-state index contributed by atoms with van der Waals surface area (Å²) < 4.78 is 19.2. The summed E-state index contributed by atoms with van der Waals surface area (Å²) in [7, 11) is 2.98. The molecule has 0 atom stereocenters. The van der Waals surface area contributed by atoms with Gasteiger partial charge in [-0.1, -0.05) is 12.1 Å². The maximum absolute atomic E-state index is 13.6. The minimum atomic E-state index is -0.330. The molecular formula is C15H16FNO3. The Morgan fingerprint density at radius 3 is 2.75 bits per heavy atom. The van der Waals surface area contributed by atoms with Crippen molar-refractivity contribution in [2.75, 3.05) is 14.2 Å². The van der Waals surface area contributed by atoms with Crippen LogP contribution in [0.15, 0.2) is 40.8 Å². The normalized spacial score (nSPS) is 10.6. The van der Waals surface area contributed by atoms with Crippen LogP contribution in [0.5, 0.6) is 0 Å². The zero-order valence-corrected chi connectivity index (χ0v) is 11.4. The van der Waals surface area contributed by atoms with E-state index in [0.717, 1.165) is 0 Å². The van der Waals surface area contributed by atoms with E-state index in [9.17, 15) is 9.18 Å². The highest BCUT2D eigenvalue weighted by molar-refractivity contribution is 5.75. The van der Waals surface area contributed by atoms with Crippen molar-refractivity contribution in [3.05, 3.63) is 48.0 Å². The average molecular weight is 277 g/mol. The van der Waals surface area contributed by atoms with Gasteiger partial charge in [0.25, 0.3) is 0 Å². The summed E-state index contributed by atoms with van der Waals surface area (Å²) in [5, 5.41) is 1.17. The molecule has 5 heteroatoms. The molecule has 20 heavy (non-hydrogen) atoms. The molecule has 1 aromatic carbocycles. The van der Waals surface area contributed by atoms with Gasteiger partial charge in [-0.25, -0.2) is 9.45 Å². The molecule has 0 saturated carbocycles. The monoisotopic (exact) mass is 277 g/mol. The van der Waals surface area contributed by atoms with Crippen LogP contribution in [0.2, 0.25) is 0 Å². The molecule has 1 aromatic heterocycles. The largest absolute Gasteiger partial charge is 0.461 e. The number of benzene rings is 1. The Hall–Kier alpha value is -2.14. The molecule has 2 aromatic rings.